The summed E-state index contributed by atoms with van der Waals surface area (Å²) in [5, 5.41) is 12.8. The van der Waals surface area contributed by atoms with Crippen molar-refractivity contribution in [2.24, 2.45) is 5.16 Å². The molecule has 6 heteroatoms. The van der Waals surface area contributed by atoms with Crippen molar-refractivity contribution in [2.45, 2.75) is 0 Å². The minimum atomic E-state index is -0.525. The molecule has 1 N–H and O–H groups in total. The van der Waals surface area contributed by atoms with Crippen LogP contribution in [0.2, 0.25) is 10.0 Å². The largest absolute Gasteiger partial charge is 0.495 e. The maximum absolute atomic E-state index is 13.8. The molecule has 0 saturated heterocycles. The van der Waals surface area contributed by atoms with Crippen LogP contribution in [0.15, 0.2) is 41.6 Å². The molecule has 0 aliphatic heterocycles. The Morgan fingerprint density at radius 3 is 2.45 bits per heavy atom. The minimum absolute atomic E-state index is 0.00217. The number of methoxy groups -OCH3 is 1. The summed E-state index contributed by atoms with van der Waals surface area (Å²) in [7, 11) is 1.45. The number of hydrogen-bond donors (Lipinski definition) is 1. The van der Waals surface area contributed by atoms with Crippen molar-refractivity contribution in [1.29, 1.82) is 0 Å². The highest BCUT2D eigenvalue weighted by atomic mass is 35.5. The van der Waals surface area contributed by atoms with Crippen molar-refractivity contribution >= 4 is 28.9 Å². The molecular weight excluding hydrogens is 304 g/mol. The van der Waals surface area contributed by atoms with Gasteiger partial charge in [-0.2, -0.15) is 0 Å². The van der Waals surface area contributed by atoms with Crippen molar-refractivity contribution in [1.82, 2.24) is 0 Å². The van der Waals surface area contributed by atoms with Crippen LogP contribution in [-0.4, -0.2) is 18.0 Å². The lowest BCUT2D eigenvalue weighted by Crippen LogP contribution is -2.07. The summed E-state index contributed by atoms with van der Waals surface area (Å²) in [5.74, 6) is -0.144. The average molecular weight is 314 g/mol. The molecule has 0 radical (unpaired) electrons. The molecule has 104 valence electrons. The first kappa shape index (κ1) is 14.6. The van der Waals surface area contributed by atoms with E-state index in [2.05, 4.69) is 5.16 Å². The molecule has 3 nitrogen and oxygen atoms in total. The Morgan fingerprint density at radius 1 is 1.15 bits per heavy atom. The van der Waals surface area contributed by atoms with E-state index >= 15 is 0 Å². The van der Waals surface area contributed by atoms with Crippen LogP contribution in [0.3, 0.4) is 0 Å². The molecule has 0 unspecified atom stereocenters. The second-order valence-corrected chi connectivity index (χ2v) is 4.71. The Morgan fingerprint density at radius 2 is 1.85 bits per heavy atom. The van der Waals surface area contributed by atoms with Gasteiger partial charge in [0.15, 0.2) is 0 Å². The number of nitrogens with zero attached hydrogens (tertiary/aromatic N) is 1. The number of benzene rings is 2. The molecule has 0 heterocycles. The van der Waals surface area contributed by atoms with Crippen LogP contribution >= 0.6 is 23.2 Å². The van der Waals surface area contributed by atoms with E-state index in [9.17, 15) is 9.60 Å². The number of rotatable bonds is 3. The molecule has 0 spiro atoms. The lowest BCUT2D eigenvalue weighted by Gasteiger charge is -2.11. The molecule has 0 aliphatic rings. The molecule has 0 aromatic heterocycles. The molecule has 0 bridgehead atoms. The van der Waals surface area contributed by atoms with Crippen LogP contribution in [0.1, 0.15) is 11.1 Å². The highest BCUT2D eigenvalue weighted by molar-refractivity contribution is 6.38. The molecule has 0 aliphatic carbocycles. The van der Waals surface area contributed by atoms with E-state index < -0.39 is 5.82 Å². The van der Waals surface area contributed by atoms with Gasteiger partial charge in [-0.1, -0.05) is 40.5 Å². The predicted octanol–water partition coefficient (Wildman–Crippen LogP) is 4.37. The first-order chi connectivity index (χ1) is 9.58. The Hall–Kier alpha value is -1.78. The van der Waals surface area contributed by atoms with Gasteiger partial charge in [0.2, 0.25) is 0 Å². The molecule has 2 rings (SSSR count). The van der Waals surface area contributed by atoms with Crippen LogP contribution < -0.4 is 4.74 Å². The predicted molar refractivity (Wildman–Crippen MR) is 76.8 cm³/mol. The fourth-order valence-electron chi connectivity index (χ4n) is 1.77. The summed E-state index contributed by atoms with van der Waals surface area (Å²) in [5.41, 5.74) is 0.431. The summed E-state index contributed by atoms with van der Waals surface area (Å²) in [6.07, 6.45) is 0. The summed E-state index contributed by atoms with van der Waals surface area (Å²) in [6.45, 7) is 0. The second-order valence-electron chi connectivity index (χ2n) is 3.90. The smallest absolute Gasteiger partial charge is 0.138 e. The first-order valence-electron chi connectivity index (χ1n) is 5.58. The van der Waals surface area contributed by atoms with Crippen LogP contribution in [0.4, 0.5) is 4.39 Å². The van der Waals surface area contributed by atoms with E-state index in [0.717, 1.165) is 0 Å². The maximum Gasteiger partial charge on any atom is 0.138 e. The normalized spacial score (nSPS) is 11.5. The van der Waals surface area contributed by atoms with E-state index in [0.29, 0.717) is 11.3 Å². The summed E-state index contributed by atoms with van der Waals surface area (Å²) in [6, 6.07) is 8.85. The molecular formula is C14H10Cl2FNO2. The van der Waals surface area contributed by atoms with Crippen molar-refractivity contribution < 1.29 is 14.3 Å². The van der Waals surface area contributed by atoms with Gasteiger partial charge in [-0.05, 0) is 18.2 Å². The first-order valence-corrected chi connectivity index (χ1v) is 6.34. The van der Waals surface area contributed by atoms with Gasteiger partial charge in [-0.25, -0.2) is 4.39 Å². The van der Waals surface area contributed by atoms with Gasteiger partial charge < -0.3 is 9.94 Å². The van der Waals surface area contributed by atoms with E-state index in [1.54, 1.807) is 6.07 Å². The molecule has 20 heavy (non-hydrogen) atoms. The van der Waals surface area contributed by atoms with E-state index in [-0.39, 0.29) is 21.3 Å². The number of halogens is 3. The van der Waals surface area contributed by atoms with Gasteiger partial charge in [0, 0.05) is 17.2 Å². The van der Waals surface area contributed by atoms with E-state index in [1.165, 1.54) is 37.4 Å². The minimum Gasteiger partial charge on any atom is -0.495 e. The third-order valence-electron chi connectivity index (χ3n) is 2.73. The van der Waals surface area contributed by atoms with Crippen molar-refractivity contribution in [3.63, 3.8) is 0 Å². The van der Waals surface area contributed by atoms with Crippen molar-refractivity contribution in [3.05, 3.63) is 63.4 Å². The van der Waals surface area contributed by atoms with Crippen molar-refractivity contribution in [2.75, 3.05) is 7.11 Å². The highest BCUT2D eigenvalue weighted by Crippen LogP contribution is 2.32. The summed E-state index contributed by atoms with van der Waals surface area (Å²) < 4.78 is 18.8. The molecule has 2 aromatic rings. The van der Waals surface area contributed by atoms with Gasteiger partial charge in [0.25, 0.3) is 0 Å². The van der Waals surface area contributed by atoms with Crippen LogP contribution in [0, 0.1) is 5.82 Å². The quantitative estimate of drug-likeness (QED) is 0.519. The zero-order valence-corrected chi connectivity index (χ0v) is 11.9. The Balaban J connectivity index is 2.60. The van der Waals surface area contributed by atoms with Crippen LogP contribution in [-0.2, 0) is 0 Å². The van der Waals surface area contributed by atoms with Crippen LogP contribution in [0.5, 0.6) is 5.75 Å². The second kappa shape index (κ2) is 6.11. The van der Waals surface area contributed by atoms with Gasteiger partial charge in [0.05, 0.1) is 17.2 Å². The standard InChI is InChI=1S/C14H10Cl2FNO2/c1-20-13-7-10(15)9(6-11(13)16)14(18-19)8-4-2-3-5-12(8)17/h2-7,19H,1H3/b18-14-. The highest BCUT2D eigenvalue weighted by Gasteiger charge is 2.17. The topological polar surface area (TPSA) is 41.8 Å². The summed E-state index contributed by atoms with van der Waals surface area (Å²) in [4.78, 5) is 0. The van der Waals surface area contributed by atoms with E-state index in [4.69, 9.17) is 27.9 Å². The fraction of sp³-hybridized carbons (Fsp3) is 0.0714. The Kier molecular flexibility index (Phi) is 4.47. The zero-order chi connectivity index (χ0) is 14.7. The fourth-order valence-corrected chi connectivity index (χ4v) is 2.26. The zero-order valence-electron chi connectivity index (χ0n) is 10.4. The van der Waals surface area contributed by atoms with Gasteiger partial charge in [-0.15, -0.1) is 0 Å². The Bertz CT molecular complexity index is 674. The third-order valence-corrected chi connectivity index (χ3v) is 3.33. The molecule has 0 fully saturated rings. The number of hydrogen-bond acceptors (Lipinski definition) is 3. The number of ether oxygens (including phenoxy) is 1. The SMILES string of the molecule is COc1cc(Cl)c(/C(=N\O)c2ccccc2F)cc1Cl. The maximum atomic E-state index is 13.8. The average Bonchev–Trinajstić information content (AvgIpc) is 2.45. The van der Waals surface area contributed by atoms with Gasteiger partial charge in [-0.3, -0.25) is 0 Å². The Labute approximate surface area is 125 Å². The lowest BCUT2D eigenvalue weighted by molar-refractivity contribution is 0.319. The summed E-state index contributed by atoms with van der Waals surface area (Å²) >= 11 is 12.1. The number of oxime groups is 1. The third kappa shape index (κ3) is 2.71. The molecule has 0 atom stereocenters. The monoisotopic (exact) mass is 313 g/mol. The molecule has 2 aromatic carbocycles. The van der Waals surface area contributed by atoms with E-state index in [1.807, 2.05) is 0 Å². The molecule has 0 saturated carbocycles. The molecule has 0 amide bonds. The van der Waals surface area contributed by atoms with Gasteiger partial charge >= 0.3 is 0 Å². The van der Waals surface area contributed by atoms with Crippen molar-refractivity contribution in [3.8, 4) is 5.75 Å². The lowest BCUT2D eigenvalue weighted by atomic mass is 10.0. The van der Waals surface area contributed by atoms with Gasteiger partial charge in [0.1, 0.15) is 17.3 Å². The van der Waals surface area contributed by atoms with Crippen LogP contribution in [0.25, 0.3) is 0 Å².